The predicted molar refractivity (Wildman–Crippen MR) is 113 cm³/mol. The first-order valence-corrected chi connectivity index (χ1v) is 10.7. The van der Waals surface area contributed by atoms with Gasteiger partial charge >= 0.3 is 0 Å². The maximum Gasteiger partial charge on any atom is 0.269 e. The lowest BCUT2D eigenvalue weighted by atomic mass is 10.1. The van der Waals surface area contributed by atoms with Crippen molar-refractivity contribution in [3.05, 3.63) is 57.6 Å². The fraction of sp³-hybridized carbons (Fsp3) is 0.250. The van der Waals surface area contributed by atoms with Gasteiger partial charge in [-0.05, 0) is 31.9 Å². The number of carbonyl (C=O) groups excluding carboxylic acids is 1. The molecule has 1 N–H and O–H groups in total. The number of carbonyl (C=O) groups is 1. The van der Waals surface area contributed by atoms with Crippen molar-refractivity contribution < 1.29 is 9.53 Å². The first-order valence-electron chi connectivity index (χ1n) is 8.94. The number of nitrogens with zero attached hydrogens (tertiary/aromatic N) is 3. The van der Waals surface area contributed by atoms with Crippen molar-refractivity contribution in [1.82, 2.24) is 19.7 Å². The van der Waals surface area contributed by atoms with Gasteiger partial charge in [0.05, 0.1) is 24.0 Å². The van der Waals surface area contributed by atoms with Crippen LogP contribution in [-0.4, -0.2) is 33.9 Å². The molecule has 1 amide bonds. The van der Waals surface area contributed by atoms with E-state index in [9.17, 15) is 4.79 Å². The minimum Gasteiger partial charge on any atom is -0.497 e. The van der Waals surface area contributed by atoms with Crippen LogP contribution in [0.5, 0.6) is 5.75 Å². The number of hydrogen-bond acceptors (Lipinski definition) is 6. The van der Waals surface area contributed by atoms with Gasteiger partial charge in [-0.25, -0.2) is 9.97 Å². The highest BCUT2D eigenvalue weighted by atomic mass is 32.1. The molecule has 0 spiro atoms. The zero-order valence-corrected chi connectivity index (χ0v) is 17.3. The summed E-state index contributed by atoms with van der Waals surface area (Å²) < 4.78 is 7.13. The van der Waals surface area contributed by atoms with E-state index in [1.165, 1.54) is 16.2 Å². The second-order valence-corrected chi connectivity index (χ2v) is 8.13. The van der Waals surface area contributed by atoms with Crippen molar-refractivity contribution in [2.75, 3.05) is 13.7 Å². The number of ether oxygens (including phenoxy) is 1. The normalized spacial score (nSPS) is 11.1. The minimum absolute atomic E-state index is 0.0816. The highest BCUT2D eigenvalue weighted by Crippen LogP contribution is 2.26. The Bertz CT molecular complexity index is 1110. The lowest BCUT2D eigenvalue weighted by Crippen LogP contribution is -2.25. The lowest BCUT2D eigenvalue weighted by Gasteiger charge is -2.04. The molecule has 0 aliphatic carbocycles. The van der Waals surface area contributed by atoms with E-state index in [1.807, 2.05) is 52.7 Å². The molecule has 1 aromatic carbocycles. The van der Waals surface area contributed by atoms with E-state index < -0.39 is 0 Å². The number of aryl methyl sites for hydroxylation is 2. The van der Waals surface area contributed by atoms with Gasteiger partial charge in [0.15, 0.2) is 4.96 Å². The Morgan fingerprint density at radius 2 is 2.21 bits per heavy atom. The summed E-state index contributed by atoms with van der Waals surface area (Å²) in [6.07, 6.45) is 3.72. The molecule has 4 aromatic rings. The monoisotopic (exact) mass is 412 g/mol. The molecular formula is C20H20N4O2S2. The lowest BCUT2D eigenvalue weighted by molar-refractivity contribution is 0.0947. The molecule has 4 rings (SSSR count). The van der Waals surface area contributed by atoms with Crippen LogP contribution in [0.1, 0.15) is 27.5 Å². The SMILES string of the molecule is COc1cccc(-c2cn3c(C(=O)NCCCc4scnc4C)csc3n2)c1. The minimum atomic E-state index is -0.0816. The summed E-state index contributed by atoms with van der Waals surface area (Å²) in [5.74, 6) is 0.699. The maximum absolute atomic E-state index is 12.6. The molecule has 0 atom stereocenters. The van der Waals surface area contributed by atoms with Crippen molar-refractivity contribution in [2.45, 2.75) is 19.8 Å². The highest BCUT2D eigenvalue weighted by Gasteiger charge is 2.15. The number of fused-ring (bicyclic) bond motifs is 1. The van der Waals surface area contributed by atoms with Crippen LogP contribution in [0.4, 0.5) is 0 Å². The summed E-state index contributed by atoms with van der Waals surface area (Å²) in [5, 5.41) is 4.86. The van der Waals surface area contributed by atoms with Gasteiger partial charge in [0.1, 0.15) is 11.4 Å². The van der Waals surface area contributed by atoms with Gasteiger partial charge in [-0.3, -0.25) is 9.20 Å². The average Bonchev–Trinajstić information content (AvgIpc) is 3.41. The number of hydrogen-bond donors (Lipinski definition) is 1. The second kappa shape index (κ2) is 8.12. The van der Waals surface area contributed by atoms with Gasteiger partial charge < -0.3 is 10.1 Å². The van der Waals surface area contributed by atoms with E-state index in [-0.39, 0.29) is 5.91 Å². The number of benzene rings is 1. The molecule has 0 aliphatic heterocycles. The van der Waals surface area contributed by atoms with Gasteiger partial charge in [-0.2, -0.15) is 0 Å². The highest BCUT2D eigenvalue weighted by molar-refractivity contribution is 7.15. The van der Waals surface area contributed by atoms with E-state index in [2.05, 4.69) is 15.3 Å². The smallest absolute Gasteiger partial charge is 0.269 e. The van der Waals surface area contributed by atoms with Gasteiger partial charge in [0, 0.05) is 28.6 Å². The summed E-state index contributed by atoms with van der Waals surface area (Å²) >= 11 is 3.13. The summed E-state index contributed by atoms with van der Waals surface area (Å²) in [7, 11) is 1.64. The summed E-state index contributed by atoms with van der Waals surface area (Å²) in [5.41, 5.74) is 5.33. The van der Waals surface area contributed by atoms with Crippen LogP contribution in [0.15, 0.2) is 41.4 Å². The Morgan fingerprint density at radius 3 is 3.00 bits per heavy atom. The first-order chi connectivity index (χ1) is 13.7. The van der Waals surface area contributed by atoms with Crippen molar-refractivity contribution in [2.24, 2.45) is 0 Å². The molecule has 3 aromatic heterocycles. The second-order valence-electron chi connectivity index (χ2n) is 6.35. The molecule has 144 valence electrons. The molecule has 0 aliphatic rings. The Hall–Kier alpha value is -2.71. The van der Waals surface area contributed by atoms with E-state index in [4.69, 9.17) is 4.74 Å². The number of methoxy groups -OCH3 is 1. The topological polar surface area (TPSA) is 68.5 Å². The first kappa shape index (κ1) is 18.6. The predicted octanol–water partition coefficient (Wildman–Crippen LogP) is 4.20. The van der Waals surface area contributed by atoms with E-state index in [0.29, 0.717) is 12.2 Å². The van der Waals surface area contributed by atoms with E-state index in [0.717, 1.165) is 40.5 Å². The van der Waals surface area contributed by atoms with E-state index >= 15 is 0 Å². The van der Waals surface area contributed by atoms with E-state index in [1.54, 1.807) is 18.4 Å². The fourth-order valence-corrected chi connectivity index (χ4v) is 4.65. The molecular weight excluding hydrogens is 392 g/mol. The quantitative estimate of drug-likeness (QED) is 0.462. The summed E-state index contributed by atoms with van der Waals surface area (Å²) in [4.78, 5) is 23.6. The molecule has 0 saturated carbocycles. The van der Waals surface area contributed by atoms with Gasteiger partial charge in [-0.15, -0.1) is 22.7 Å². The van der Waals surface area contributed by atoms with Crippen molar-refractivity contribution in [3.63, 3.8) is 0 Å². The van der Waals surface area contributed by atoms with Crippen molar-refractivity contribution in [1.29, 1.82) is 0 Å². The van der Waals surface area contributed by atoms with Gasteiger partial charge in [0.2, 0.25) is 0 Å². The van der Waals surface area contributed by atoms with Crippen molar-refractivity contribution in [3.8, 4) is 17.0 Å². The third-order valence-electron chi connectivity index (χ3n) is 4.52. The third kappa shape index (κ3) is 3.79. The zero-order valence-electron chi connectivity index (χ0n) is 15.6. The Balaban J connectivity index is 1.44. The third-order valence-corrected chi connectivity index (χ3v) is 6.35. The van der Waals surface area contributed by atoms with Crippen LogP contribution in [0.25, 0.3) is 16.2 Å². The molecule has 6 nitrogen and oxygen atoms in total. The standard InChI is InChI=1S/C20H20N4O2S2/c1-13-18(28-12-22-13)7-4-8-21-19(25)17-11-27-20-23-16(10-24(17)20)14-5-3-6-15(9-14)26-2/h3,5-6,9-12H,4,7-8H2,1-2H3,(H,21,25). The number of amides is 1. The van der Waals surface area contributed by atoms with Gasteiger partial charge in [0.25, 0.3) is 5.91 Å². The molecule has 0 unspecified atom stereocenters. The van der Waals surface area contributed by atoms with Crippen LogP contribution in [-0.2, 0) is 6.42 Å². The molecule has 0 bridgehead atoms. The number of imidazole rings is 1. The number of thiazole rings is 2. The number of nitrogens with one attached hydrogen (secondary N) is 1. The molecule has 0 fully saturated rings. The van der Waals surface area contributed by atoms with Crippen LogP contribution < -0.4 is 10.1 Å². The molecule has 3 heterocycles. The largest absolute Gasteiger partial charge is 0.497 e. The fourth-order valence-electron chi connectivity index (χ4n) is 2.98. The molecule has 8 heteroatoms. The average molecular weight is 413 g/mol. The zero-order chi connectivity index (χ0) is 19.5. The molecule has 0 saturated heterocycles. The van der Waals surface area contributed by atoms with Crippen LogP contribution in [0.2, 0.25) is 0 Å². The van der Waals surface area contributed by atoms with Crippen LogP contribution >= 0.6 is 22.7 Å². The Morgan fingerprint density at radius 1 is 1.32 bits per heavy atom. The number of rotatable bonds is 7. The molecule has 0 radical (unpaired) electrons. The Kier molecular flexibility index (Phi) is 5.40. The Labute approximate surface area is 170 Å². The molecule has 28 heavy (non-hydrogen) atoms. The van der Waals surface area contributed by atoms with Gasteiger partial charge in [-0.1, -0.05) is 12.1 Å². The summed E-state index contributed by atoms with van der Waals surface area (Å²) in [6, 6.07) is 7.75. The van der Waals surface area contributed by atoms with Crippen LogP contribution in [0.3, 0.4) is 0 Å². The summed E-state index contributed by atoms with van der Waals surface area (Å²) in [6.45, 7) is 2.65. The number of aromatic nitrogens is 3. The maximum atomic E-state index is 12.6. The van der Waals surface area contributed by atoms with Crippen molar-refractivity contribution >= 4 is 33.5 Å². The van der Waals surface area contributed by atoms with Crippen LogP contribution in [0, 0.1) is 6.92 Å².